The van der Waals surface area contributed by atoms with Gasteiger partial charge in [0.2, 0.25) is 0 Å². The van der Waals surface area contributed by atoms with Gasteiger partial charge in [-0.15, -0.1) is 11.8 Å². The molecular weight excluding hydrogens is 246 g/mol. The summed E-state index contributed by atoms with van der Waals surface area (Å²) in [6, 6.07) is 6.23. The highest BCUT2D eigenvalue weighted by atomic mass is 79.9. The second-order valence-corrected chi connectivity index (χ2v) is 5.33. The lowest BCUT2D eigenvalue weighted by molar-refractivity contribution is 0.543. The molecule has 0 atom stereocenters. The van der Waals surface area contributed by atoms with Gasteiger partial charge in [-0.3, -0.25) is 0 Å². The largest absolute Gasteiger partial charge is 0.322 e. The fraction of sp³-hybridized carbons (Fsp3) is 0.400. The summed E-state index contributed by atoms with van der Waals surface area (Å²) < 4.78 is 1.08. The van der Waals surface area contributed by atoms with Gasteiger partial charge >= 0.3 is 0 Å². The number of halogens is 1. The molecule has 0 saturated carbocycles. The molecule has 1 aromatic carbocycles. The van der Waals surface area contributed by atoms with E-state index in [2.05, 4.69) is 34.3 Å². The molecule has 0 heterocycles. The third-order valence-electron chi connectivity index (χ3n) is 1.86. The molecule has 1 rings (SSSR count). The van der Waals surface area contributed by atoms with Gasteiger partial charge in [0.15, 0.2) is 0 Å². The molecule has 0 aliphatic carbocycles. The van der Waals surface area contributed by atoms with Crippen molar-refractivity contribution in [2.75, 3.05) is 6.26 Å². The van der Waals surface area contributed by atoms with Gasteiger partial charge in [0, 0.05) is 14.9 Å². The Kier molecular flexibility index (Phi) is 3.44. The van der Waals surface area contributed by atoms with Gasteiger partial charge < -0.3 is 5.73 Å². The molecule has 3 heteroatoms. The molecule has 0 radical (unpaired) electrons. The van der Waals surface area contributed by atoms with E-state index in [4.69, 9.17) is 5.73 Å². The maximum absolute atomic E-state index is 6.07. The van der Waals surface area contributed by atoms with Crippen LogP contribution >= 0.6 is 27.7 Å². The van der Waals surface area contributed by atoms with Crippen molar-refractivity contribution >= 4 is 27.7 Å². The molecule has 1 aromatic rings. The highest BCUT2D eigenvalue weighted by Crippen LogP contribution is 2.30. The average Bonchev–Trinajstić information content (AvgIpc) is 2.03. The van der Waals surface area contributed by atoms with Crippen molar-refractivity contribution in [2.24, 2.45) is 5.73 Å². The molecule has 13 heavy (non-hydrogen) atoms. The smallest absolute Gasteiger partial charge is 0.0363 e. The van der Waals surface area contributed by atoms with Crippen LogP contribution in [0.5, 0.6) is 0 Å². The number of benzene rings is 1. The Hall–Kier alpha value is 0.01000. The summed E-state index contributed by atoms with van der Waals surface area (Å²) in [4.78, 5) is 1.25. The van der Waals surface area contributed by atoms with E-state index in [0.29, 0.717) is 0 Å². The van der Waals surface area contributed by atoms with E-state index < -0.39 is 0 Å². The Balaban J connectivity index is 3.24. The molecule has 0 aliphatic rings. The molecule has 0 saturated heterocycles. The quantitative estimate of drug-likeness (QED) is 0.825. The fourth-order valence-electron chi connectivity index (χ4n) is 1.18. The van der Waals surface area contributed by atoms with Crippen molar-refractivity contribution in [1.29, 1.82) is 0 Å². The van der Waals surface area contributed by atoms with Gasteiger partial charge in [-0.05, 0) is 43.9 Å². The normalized spacial score (nSPS) is 11.8. The zero-order chi connectivity index (χ0) is 10.1. The minimum absolute atomic E-state index is 0.276. The predicted molar refractivity (Wildman–Crippen MR) is 63.1 cm³/mol. The first-order valence-corrected chi connectivity index (χ1v) is 6.10. The lowest BCUT2D eigenvalue weighted by Gasteiger charge is -2.22. The molecule has 0 aliphatic heterocycles. The van der Waals surface area contributed by atoms with Crippen LogP contribution in [0.3, 0.4) is 0 Å². The van der Waals surface area contributed by atoms with Crippen LogP contribution < -0.4 is 5.73 Å². The van der Waals surface area contributed by atoms with Gasteiger partial charge in [0.25, 0.3) is 0 Å². The minimum Gasteiger partial charge on any atom is -0.322 e. The van der Waals surface area contributed by atoms with Crippen LogP contribution in [0.4, 0.5) is 0 Å². The number of thioether (sulfide) groups is 1. The third kappa shape index (κ3) is 2.73. The summed E-state index contributed by atoms with van der Waals surface area (Å²) in [5, 5.41) is 0. The van der Waals surface area contributed by atoms with E-state index in [1.54, 1.807) is 11.8 Å². The van der Waals surface area contributed by atoms with Gasteiger partial charge in [-0.1, -0.05) is 15.9 Å². The summed E-state index contributed by atoms with van der Waals surface area (Å²) >= 11 is 5.18. The van der Waals surface area contributed by atoms with Crippen LogP contribution in [0.15, 0.2) is 27.6 Å². The maximum Gasteiger partial charge on any atom is 0.0363 e. The van der Waals surface area contributed by atoms with Crippen molar-refractivity contribution < 1.29 is 0 Å². The average molecular weight is 260 g/mol. The van der Waals surface area contributed by atoms with Crippen molar-refractivity contribution in [3.63, 3.8) is 0 Å². The number of hydrogen-bond acceptors (Lipinski definition) is 2. The van der Waals surface area contributed by atoms with Crippen LogP contribution in [-0.4, -0.2) is 6.26 Å². The predicted octanol–water partition coefficient (Wildman–Crippen LogP) is 3.36. The second-order valence-electron chi connectivity index (χ2n) is 3.57. The van der Waals surface area contributed by atoms with E-state index in [0.717, 1.165) is 4.47 Å². The number of rotatable bonds is 2. The number of hydrogen-bond donors (Lipinski definition) is 1. The maximum atomic E-state index is 6.07. The van der Waals surface area contributed by atoms with Crippen molar-refractivity contribution in [3.05, 3.63) is 28.2 Å². The molecule has 0 spiro atoms. The summed E-state index contributed by atoms with van der Waals surface area (Å²) in [5.74, 6) is 0. The zero-order valence-corrected chi connectivity index (χ0v) is 10.5. The molecule has 0 amide bonds. The molecule has 2 N–H and O–H groups in total. The molecular formula is C10H14BrNS. The summed E-state index contributed by atoms with van der Waals surface area (Å²) in [5.41, 5.74) is 6.98. The van der Waals surface area contributed by atoms with Gasteiger partial charge in [0.1, 0.15) is 0 Å². The van der Waals surface area contributed by atoms with Gasteiger partial charge in [0.05, 0.1) is 0 Å². The molecule has 0 bridgehead atoms. The molecule has 0 aromatic heterocycles. The first-order valence-electron chi connectivity index (χ1n) is 4.08. The van der Waals surface area contributed by atoms with Crippen LogP contribution in [0.1, 0.15) is 19.4 Å². The molecule has 0 fully saturated rings. The van der Waals surface area contributed by atoms with E-state index >= 15 is 0 Å². The Morgan fingerprint density at radius 2 is 2.00 bits per heavy atom. The highest BCUT2D eigenvalue weighted by Gasteiger charge is 2.17. The second kappa shape index (κ2) is 4.03. The van der Waals surface area contributed by atoms with Gasteiger partial charge in [-0.25, -0.2) is 0 Å². The van der Waals surface area contributed by atoms with E-state index in [1.807, 2.05) is 19.9 Å². The minimum atomic E-state index is -0.276. The molecule has 0 unspecified atom stereocenters. The standard InChI is InChI=1S/C10H14BrNS/c1-10(2,12)8-6-7(11)4-5-9(8)13-3/h4-6H,12H2,1-3H3. The lowest BCUT2D eigenvalue weighted by atomic mass is 9.96. The molecule has 1 nitrogen and oxygen atoms in total. The van der Waals surface area contributed by atoms with E-state index in [9.17, 15) is 0 Å². The van der Waals surface area contributed by atoms with E-state index in [-0.39, 0.29) is 5.54 Å². The van der Waals surface area contributed by atoms with Crippen molar-refractivity contribution in [1.82, 2.24) is 0 Å². The Bertz CT molecular complexity index is 304. The van der Waals surface area contributed by atoms with Gasteiger partial charge in [-0.2, -0.15) is 0 Å². The SMILES string of the molecule is CSc1ccc(Br)cc1C(C)(C)N. The molecule has 72 valence electrons. The van der Waals surface area contributed by atoms with Crippen LogP contribution in [0.2, 0.25) is 0 Å². The highest BCUT2D eigenvalue weighted by molar-refractivity contribution is 9.10. The first-order chi connectivity index (χ1) is 5.95. The van der Waals surface area contributed by atoms with E-state index in [1.165, 1.54) is 10.5 Å². The Labute approximate surface area is 92.2 Å². The first kappa shape index (κ1) is 11.1. The summed E-state index contributed by atoms with van der Waals surface area (Å²) in [6.07, 6.45) is 2.07. The van der Waals surface area contributed by atoms with Crippen molar-refractivity contribution in [2.45, 2.75) is 24.3 Å². The number of nitrogens with two attached hydrogens (primary N) is 1. The van der Waals surface area contributed by atoms with Crippen molar-refractivity contribution in [3.8, 4) is 0 Å². The lowest BCUT2D eigenvalue weighted by Crippen LogP contribution is -2.29. The Morgan fingerprint density at radius 1 is 1.38 bits per heavy atom. The monoisotopic (exact) mass is 259 g/mol. The summed E-state index contributed by atoms with van der Waals surface area (Å²) in [6.45, 7) is 4.04. The van der Waals surface area contributed by atoms with Crippen LogP contribution in [-0.2, 0) is 5.54 Å². The zero-order valence-electron chi connectivity index (χ0n) is 8.10. The van der Waals surface area contributed by atoms with Crippen LogP contribution in [0.25, 0.3) is 0 Å². The third-order valence-corrected chi connectivity index (χ3v) is 3.14. The topological polar surface area (TPSA) is 26.0 Å². The van der Waals surface area contributed by atoms with Crippen LogP contribution in [0, 0.1) is 0 Å². The summed E-state index contributed by atoms with van der Waals surface area (Å²) in [7, 11) is 0. The Morgan fingerprint density at radius 3 is 2.46 bits per heavy atom. The fourth-order valence-corrected chi connectivity index (χ4v) is 2.29.